The fourth-order valence-corrected chi connectivity index (χ4v) is 5.12. The third-order valence-corrected chi connectivity index (χ3v) is 6.50. The van der Waals surface area contributed by atoms with E-state index >= 15 is 0 Å². The van der Waals surface area contributed by atoms with Crippen LogP contribution in [0.4, 0.5) is 0 Å². The quantitative estimate of drug-likeness (QED) is 0.695. The number of fused-ring (bicyclic) bond motifs is 4. The molecular weight excluding hydrogens is 382 g/mol. The van der Waals surface area contributed by atoms with Gasteiger partial charge in [-0.15, -0.1) is 19.0 Å². The lowest BCUT2D eigenvalue weighted by Crippen LogP contribution is -2.59. The molecule has 0 saturated carbocycles. The van der Waals surface area contributed by atoms with Gasteiger partial charge in [0.05, 0.1) is 0 Å². The molecule has 0 aromatic heterocycles. The van der Waals surface area contributed by atoms with Gasteiger partial charge in [0.1, 0.15) is 5.75 Å². The van der Waals surface area contributed by atoms with E-state index in [0.29, 0.717) is 24.3 Å². The zero-order valence-corrected chi connectivity index (χ0v) is 18.4. The van der Waals surface area contributed by atoms with Gasteiger partial charge >= 0.3 is 0 Å². The second-order valence-corrected chi connectivity index (χ2v) is 8.00. The van der Waals surface area contributed by atoms with Crippen LogP contribution in [0.15, 0.2) is 61.2 Å². The number of piperidine rings is 1. The first-order valence-electron chi connectivity index (χ1n) is 10.4. The summed E-state index contributed by atoms with van der Waals surface area (Å²) in [7, 11) is 0. The predicted molar refractivity (Wildman–Crippen MR) is 123 cm³/mol. The fourth-order valence-electron chi connectivity index (χ4n) is 5.12. The number of benzene rings is 2. The highest BCUT2D eigenvalue weighted by Crippen LogP contribution is 2.53. The first-order chi connectivity index (χ1) is 13.6. The second kappa shape index (κ2) is 10.3. The summed E-state index contributed by atoms with van der Waals surface area (Å²) in [5.74, 6) is 0.881. The molecule has 0 spiro atoms. The molecule has 2 aliphatic rings. The van der Waals surface area contributed by atoms with Crippen molar-refractivity contribution >= 4 is 12.4 Å². The van der Waals surface area contributed by atoms with Crippen molar-refractivity contribution in [3.63, 3.8) is 0 Å². The van der Waals surface area contributed by atoms with Crippen molar-refractivity contribution in [3.8, 4) is 5.75 Å². The van der Waals surface area contributed by atoms with E-state index in [1.807, 2.05) is 25.1 Å². The summed E-state index contributed by atoms with van der Waals surface area (Å²) in [6.07, 6.45) is 5.03. The number of likely N-dealkylation sites (tertiary alicyclic amines) is 1. The topological polar surface area (TPSA) is 43.7 Å². The number of hydrogen-bond donors (Lipinski definition) is 2. The van der Waals surface area contributed by atoms with Gasteiger partial charge in [-0.3, -0.25) is 4.90 Å². The Balaban J connectivity index is 0.000000552. The van der Waals surface area contributed by atoms with Gasteiger partial charge in [-0.05, 0) is 60.5 Å². The van der Waals surface area contributed by atoms with E-state index in [2.05, 4.69) is 54.8 Å². The van der Waals surface area contributed by atoms with E-state index in [0.717, 1.165) is 32.4 Å². The zero-order chi connectivity index (χ0) is 20.1. The maximum Gasteiger partial charge on any atom is 0.115 e. The van der Waals surface area contributed by atoms with E-state index in [-0.39, 0.29) is 17.8 Å². The molecule has 3 atom stereocenters. The molecule has 1 heterocycles. The lowest BCUT2D eigenvalue weighted by molar-refractivity contribution is 0.0499. The molecule has 1 aliphatic carbocycles. The van der Waals surface area contributed by atoms with E-state index in [4.69, 9.17) is 5.11 Å². The van der Waals surface area contributed by atoms with Crippen LogP contribution >= 0.6 is 12.4 Å². The molecule has 3 unspecified atom stereocenters. The van der Waals surface area contributed by atoms with Crippen molar-refractivity contribution in [1.82, 2.24) is 4.90 Å². The Morgan fingerprint density at radius 3 is 2.52 bits per heavy atom. The lowest BCUT2D eigenvalue weighted by Gasteiger charge is -2.56. The Labute approximate surface area is 181 Å². The van der Waals surface area contributed by atoms with Crippen molar-refractivity contribution in [2.24, 2.45) is 5.92 Å². The van der Waals surface area contributed by atoms with E-state index in [9.17, 15) is 5.11 Å². The molecule has 158 valence electrons. The molecule has 3 nitrogen and oxygen atoms in total. The van der Waals surface area contributed by atoms with Crippen molar-refractivity contribution in [1.29, 1.82) is 0 Å². The average Bonchev–Trinajstić information content (AvgIpc) is 2.72. The highest BCUT2D eigenvalue weighted by Gasteiger charge is 2.51. The molecule has 1 saturated heterocycles. The second-order valence-electron chi connectivity index (χ2n) is 8.00. The van der Waals surface area contributed by atoms with E-state index in [1.54, 1.807) is 0 Å². The number of hydrogen-bond acceptors (Lipinski definition) is 3. The molecule has 2 N–H and O–H groups in total. The molecule has 0 amide bonds. The molecule has 4 rings (SSSR count). The molecule has 2 aromatic rings. The Hall–Kier alpha value is -1.81. The van der Waals surface area contributed by atoms with E-state index in [1.165, 1.54) is 16.7 Å². The molecule has 2 bridgehead atoms. The molecule has 2 aromatic carbocycles. The standard InChI is InChI=1S/C22H25NO.C3H8O.ClH/c1-3-12-23-13-11-22(18-7-5-4-6-8-18)16(2)21(23)14-17-9-10-19(24)15-20(17)22;1-2-3-4;/h3-10,15-16,21,24H,1,11-14H2,2H3;4H,2-3H2,1H3;1H. The van der Waals surface area contributed by atoms with Crippen molar-refractivity contribution in [3.05, 3.63) is 77.9 Å². The van der Waals surface area contributed by atoms with Crippen LogP contribution in [0.25, 0.3) is 0 Å². The van der Waals surface area contributed by atoms with Gasteiger partial charge in [-0.25, -0.2) is 0 Å². The number of aliphatic hydroxyl groups excluding tert-OH is 1. The smallest absolute Gasteiger partial charge is 0.115 e. The summed E-state index contributed by atoms with van der Waals surface area (Å²) < 4.78 is 0. The van der Waals surface area contributed by atoms with Crippen LogP contribution < -0.4 is 0 Å². The average molecular weight is 416 g/mol. The van der Waals surface area contributed by atoms with Crippen LogP contribution in [0.1, 0.15) is 43.4 Å². The third-order valence-electron chi connectivity index (χ3n) is 6.50. The Morgan fingerprint density at radius 2 is 1.90 bits per heavy atom. The van der Waals surface area contributed by atoms with Crippen LogP contribution in [-0.2, 0) is 11.8 Å². The van der Waals surface area contributed by atoms with Gasteiger partial charge in [0.2, 0.25) is 0 Å². The van der Waals surface area contributed by atoms with Gasteiger partial charge in [-0.1, -0.05) is 56.3 Å². The zero-order valence-electron chi connectivity index (χ0n) is 17.6. The minimum absolute atomic E-state index is 0. The maximum atomic E-state index is 10.1. The lowest BCUT2D eigenvalue weighted by atomic mass is 9.55. The monoisotopic (exact) mass is 415 g/mol. The highest BCUT2D eigenvalue weighted by molar-refractivity contribution is 5.85. The van der Waals surface area contributed by atoms with Crippen LogP contribution in [-0.4, -0.2) is 40.9 Å². The number of halogens is 1. The summed E-state index contributed by atoms with van der Waals surface area (Å²) in [6, 6.07) is 17.4. The van der Waals surface area contributed by atoms with Gasteiger partial charge in [0.15, 0.2) is 0 Å². The molecular formula is C25H34ClNO2. The van der Waals surface area contributed by atoms with Gasteiger partial charge in [0, 0.05) is 24.6 Å². The van der Waals surface area contributed by atoms with Gasteiger partial charge in [-0.2, -0.15) is 0 Å². The van der Waals surface area contributed by atoms with Crippen LogP contribution in [0.3, 0.4) is 0 Å². The van der Waals surface area contributed by atoms with Crippen LogP contribution in [0.5, 0.6) is 5.75 Å². The first kappa shape index (κ1) is 23.5. The first-order valence-corrected chi connectivity index (χ1v) is 10.4. The SMILES string of the molecule is C=CCN1CCC2(c3ccccc3)c3cc(O)ccc3CC1C2C.CCCO.Cl. The number of aromatic hydroxyl groups is 1. The summed E-state index contributed by atoms with van der Waals surface area (Å²) in [4.78, 5) is 2.58. The van der Waals surface area contributed by atoms with Crippen molar-refractivity contribution in [2.45, 2.75) is 44.6 Å². The molecule has 1 fully saturated rings. The van der Waals surface area contributed by atoms with Crippen LogP contribution in [0, 0.1) is 5.92 Å². The maximum absolute atomic E-state index is 10.1. The minimum atomic E-state index is -0.00405. The predicted octanol–water partition coefficient (Wildman–Crippen LogP) is 4.94. The van der Waals surface area contributed by atoms with Gasteiger partial charge in [0.25, 0.3) is 0 Å². The molecule has 0 radical (unpaired) electrons. The fraction of sp³-hybridized carbons (Fsp3) is 0.440. The molecule has 1 aliphatic heterocycles. The number of nitrogens with zero attached hydrogens (tertiary/aromatic N) is 1. The summed E-state index contributed by atoms with van der Waals surface area (Å²) in [5.41, 5.74) is 4.09. The summed E-state index contributed by atoms with van der Waals surface area (Å²) in [5, 5.41) is 18.0. The summed E-state index contributed by atoms with van der Waals surface area (Å²) in [6.45, 7) is 10.6. The highest BCUT2D eigenvalue weighted by atomic mass is 35.5. The number of aliphatic hydroxyl groups is 1. The molecule has 29 heavy (non-hydrogen) atoms. The summed E-state index contributed by atoms with van der Waals surface area (Å²) >= 11 is 0. The Bertz CT molecular complexity index is 793. The number of phenolic OH excluding ortho intramolecular Hbond substituents is 1. The minimum Gasteiger partial charge on any atom is -0.508 e. The largest absolute Gasteiger partial charge is 0.508 e. The molecule has 4 heteroatoms. The van der Waals surface area contributed by atoms with Crippen LogP contribution in [0.2, 0.25) is 0 Å². The van der Waals surface area contributed by atoms with Gasteiger partial charge < -0.3 is 10.2 Å². The number of phenols is 1. The Kier molecular flexibility index (Phi) is 8.33. The van der Waals surface area contributed by atoms with E-state index < -0.39 is 0 Å². The third kappa shape index (κ3) is 4.37. The number of rotatable bonds is 4. The Morgan fingerprint density at radius 1 is 1.21 bits per heavy atom. The van der Waals surface area contributed by atoms with Crippen molar-refractivity contribution < 1.29 is 10.2 Å². The van der Waals surface area contributed by atoms with Crippen molar-refractivity contribution in [2.75, 3.05) is 19.7 Å². The normalized spacial score (nSPS) is 25.1.